The zero-order chi connectivity index (χ0) is 16.8. The Morgan fingerprint density at radius 3 is 2.71 bits per heavy atom. The zero-order valence-electron chi connectivity index (χ0n) is 14.0. The van der Waals surface area contributed by atoms with Crippen LogP contribution in [0.4, 0.5) is 0 Å². The third-order valence-electron chi connectivity index (χ3n) is 4.31. The summed E-state index contributed by atoms with van der Waals surface area (Å²) in [6.45, 7) is 4.06. The van der Waals surface area contributed by atoms with E-state index in [9.17, 15) is 4.79 Å². The van der Waals surface area contributed by atoms with Crippen molar-refractivity contribution < 1.29 is 9.53 Å². The maximum absolute atomic E-state index is 12.5. The van der Waals surface area contributed by atoms with E-state index < -0.39 is 0 Å². The number of aromatic nitrogens is 2. The van der Waals surface area contributed by atoms with Gasteiger partial charge in [-0.15, -0.1) is 0 Å². The number of hydrogen-bond donors (Lipinski definition) is 1. The second-order valence-electron chi connectivity index (χ2n) is 6.01. The lowest BCUT2D eigenvalue weighted by Crippen LogP contribution is -2.39. The van der Waals surface area contributed by atoms with Crippen LogP contribution < -0.4 is 5.32 Å². The molecule has 1 aromatic heterocycles. The number of benzene rings is 1. The highest BCUT2D eigenvalue weighted by Crippen LogP contribution is 2.20. The lowest BCUT2D eigenvalue weighted by Gasteiger charge is -2.26. The van der Waals surface area contributed by atoms with Crippen molar-refractivity contribution in [2.24, 2.45) is 7.05 Å². The molecule has 6 nitrogen and oxygen atoms in total. The molecule has 0 bridgehead atoms. The maximum Gasteiger partial charge on any atom is 0.222 e. The molecule has 1 saturated heterocycles. The number of nitrogens with zero attached hydrogens (tertiary/aromatic N) is 3. The van der Waals surface area contributed by atoms with Gasteiger partial charge in [0.05, 0.1) is 13.2 Å². The Morgan fingerprint density at radius 1 is 1.29 bits per heavy atom. The summed E-state index contributed by atoms with van der Waals surface area (Å²) in [7, 11) is 1.94. The van der Waals surface area contributed by atoms with Gasteiger partial charge >= 0.3 is 0 Å². The van der Waals surface area contributed by atoms with Crippen molar-refractivity contribution in [3.8, 4) is 0 Å². The van der Waals surface area contributed by atoms with Gasteiger partial charge in [-0.25, -0.2) is 4.98 Å². The first-order valence-electron chi connectivity index (χ1n) is 8.35. The van der Waals surface area contributed by atoms with E-state index in [1.165, 1.54) is 0 Å². The average Bonchev–Trinajstić information content (AvgIpc) is 3.05. The fourth-order valence-electron chi connectivity index (χ4n) is 2.92. The maximum atomic E-state index is 12.5. The van der Waals surface area contributed by atoms with Crippen LogP contribution in [-0.2, 0) is 16.6 Å². The summed E-state index contributed by atoms with van der Waals surface area (Å²) in [5.74, 6) is 0.874. The first kappa shape index (κ1) is 16.7. The molecule has 0 saturated carbocycles. The molecule has 0 radical (unpaired) electrons. The molecule has 1 fully saturated rings. The topological polar surface area (TPSA) is 59.4 Å². The highest BCUT2D eigenvalue weighted by atomic mass is 16.5. The second kappa shape index (κ2) is 8.08. The van der Waals surface area contributed by atoms with Crippen molar-refractivity contribution in [1.82, 2.24) is 19.8 Å². The Labute approximate surface area is 142 Å². The quantitative estimate of drug-likeness (QED) is 0.869. The van der Waals surface area contributed by atoms with Crippen LogP contribution in [0.15, 0.2) is 42.7 Å². The molecule has 2 heterocycles. The Kier molecular flexibility index (Phi) is 5.61. The van der Waals surface area contributed by atoms with Crippen LogP contribution in [0.3, 0.4) is 0 Å². The predicted octanol–water partition coefficient (Wildman–Crippen LogP) is 1.35. The highest BCUT2D eigenvalue weighted by Gasteiger charge is 2.21. The number of carbonyl (C=O) groups excluding carboxylic acids is 1. The Hall–Kier alpha value is -2.18. The Balaban J connectivity index is 1.65. The number of nitrogens with one attached hydrogen (secondary N) is 1. The summed E-state index contributed by atoms with van der Waals surface area (Å²) in [6, 6.07) is 9.72. The van der Waals surface area contributed by atoms with Crippen molar-refractivity contribution in [3.63, 3.8) is 0 Å². The monoisotopic (exact) mass is 328 g/mol. The van der Waals surface area contributed by atoms with E-state index in [0.717, 1.165) is 44.2 Å². The summed E-state index contributed by atoms with van der Waals surface area (Å²) < 4.78 is 7.28. The minimum absolute atomic E-state index is 0.0401. The van der Waals surface area contributed by atoms with Gasteiger partial charge in [-0.1, -0.05) is 30.3 Å². The third-order valence-corrected chi connectivity index (χ3v) is 4.31. The molecule has 6 heteroatoms. The molecule has 0 unspecified atom stereocenters. The van der Waals surface area contributed by atoms with Crippen LogP contribution in [0.2, 0.25) is 0 Å². The van der Waals surface area contributed by atoms with E-state index in [1.54, 1.807) is 6.20 Å². The summed E-state index contributed by atoms with van der Waals surface area (Å²) in [6.07, 6.45) is 4.13. The van der Waals surface area contributed by atoms with Crippen LogP contribution in [0.1, 0.15) is 23.9 Å². The molecule has 0 spiro atoms. The van der Waals surface area contributed by atoms with Gasteiger partial charge in [0.2, 0.25) is 5.91 Å². The largest absolute Gasteiger partial charge is 0.379 e. The smallest absolute Gasteiger partial charge is 0.222 e. The number of ether oxygens (including phenoxy) is 1. The lowest BCUT2D eigenvalue weighted by atomic mass is 10.1. The molecule has 24 heavy (non-hydrogen) atoms. The summed E-state index contributed by atoms with van der Waals surface area (Å²) in [5.41, 5.74) is 1.03. The number of rotatable bonds is 6. The van der Waals surface area contributed by atoms with Crippen LogP contribution in [0, 0.1) is 0 Å². The molecule has 0 aliphatic carbocycles. The summed E-state index contributed by atoms with van der Waals surface area (Å²) in [4.78, 5) is 19.2. The normalized spacial score (nSPS) is 16.7. The number of amides is 1. The molecule has 1 aliphatic rings. The van der Waals surface area contributed by atoms with Gasteiger partial charge in [-0.3, -0.25) is 9.69 Å². The van der Waals surface area contributed by atoms with Crippen LogP contribution in [0.5, 0.6) is 0 Å². The standard InChI is InChI=1S/C18H24N4O2/c1-21-10-8-19-18(21)17(15-5-3-2-4-6-15)20-16(23)7-9-22-11-13-24-14-12-22/h2-6,8,10,17H,7,9,11-14H2,1H3,(H,20,23)/t17-/m1/s1. The summed E-state index contributed by atoms with van der Waals surface area (Å²) >= 11 is 0. The number of imidazole rings is 1. The minimum Gasteiger partial charge on any atom is -0.379 e. The van der Waals surface area contributed by atoms with Crippen molar-refractivity contribution in [2.75, 3.05) is 32.8 Å². The first-order valence-corrected chi connectivity index (χ1v) is 8.35. The SMILES string of the molecule is Cn1ccnc1[C@H](NC(=O)CCN1CCOCC1)c1ccccc1. The number of hydrogen-bond acceptors (Lipinski definition) is 4. The highest BCUT2D eigenvalue weighted by molar-refractivity contribution is 5.77. The van der Waals surface area contributed by atoms with Gasteiger partial charge < -0.3 is 14.6 Å². The van der Waals surface area contributed by atoms with Crippen molar-refractivity contribution in [3.05, 3.63) is 54.1 Å². The molecular formula is C18H24N4O2. The number of carbonyl (C=O) groups is 1. The van der Waals surface area contributed by atoms with Crippen molar-refractivity contribution >= 4 is 5.91 Å². The van der Waals surface area contributed by atoms with Crippen molar-refractivity contribution in [2.45, 2.75) is 12.5 Å². The summed E-state index contributed by atoms with van der Waals surface area (Å²) in [5, 5.41) is 3.14. The van der Waals surface area contributed by atoms with Crippen LogP contribution in [-0.4, -0.2) is 53.2 Å². The van der Waals surface area contributed by atoms with E-state index in [4.69, 9.17) is 4.74 Å². The Bertz CT molecular complexity index is 650. The molecule has 1 aromatic carbocycles. The average molecular weight is 328 g/mol. The number of morpholine rings is 1. The van der Waals surface area contributed by atoms with Gasteiger partial charge in [-0.05, 0) is 5.56 Å². The molecule has 1 atom stereocenters. The number of aryl methyl sites for hydroxylation is 1. The molecule has 128 valence electrons. The molecule has 1 N–H and O–H groups in total. The van der Waals surface area contributed by atoms with Gasteiger partial charge in [0, 0.05) is 45.5 Å². The third kappa shape index (κ3) is 4.21. The van der Waals surface area contributed by atoms with Crippen LogP contribution in [0.25, 0.3) is 0 Å². The fraction of sp³-hybridized carbons (Fsp3) is 0.444. The van der Waals surface area contributed by atoms with E-state index in [1.807, 2.05) is 48.1 Å². The molecular weight excluding hydrogens is 304 g/mol. The van der Waals surface area contributed by atoms with Gasteiger partial charge in [0.15, 0.2) is 0 Å². The Morgan fingerprint density at radius 2 is 2.04 bits per heavy atom. The predicted molar refractivity (Wildman–Crippen MR) is 91.5 cm³/mol. The van der Waals surface area contributed by atoms with E-state index in [-0.39, 0.29) is 11.9 Å². The second-order valence-corrected chi connectivity index (χ2v) is 6.01. The van der Waals surface area contributed by atoms with E-state index in [2.05, 4.69) is 15.2 Å². The first-order chi connectivity index (χ1) is 11.7. The lowest BCUT2D eigenvalue weighted by molar-refractivity contribution is -0.122. The molecule has 3 rings (SSSR count). The van der Waals surface area contributed by atoms with E-state index >= 15 is 0 Å². The van der Waals surface area contributed by atoms with E-state index in [0.29, 0.717) is 6.42 Å². The molecule has 1 aliphatic heterocycles. The van der Waals surface area contributed by atoms with Crippen LogP contribution >= 0.6 is 0 Å². The van der Waals surface area contributed by atoms with Gasteiger partial charge in [0.1, 0.15) is 11.9 Å². The minimum atomic E-state index is -0.233. The zero-order valence-corrected chi connectivity index (χ0v) is 14.0. The fourth-order valence-corrected chi connectivity index (χ4v) is 2.92. The van der Waals surface area contributed by atoms with Crippen molar-refractivity contribution in [1.29, 1.82) is 0 Å². The van der Waals surface area contributed by atoms with Gasteiger partial charge in [0.25, 0.3) is 0 Å². The molecule has 2 aromatic rings. The van der Waals surface area contributed by atoms with Gasteiger partial charge in [-0.2, -0.15) is 0 Å². The molecule has 1 amide bonds.